The van der Waals surface area contributed by atoms with Gasteiger partial charge in [-0.05, 0) is 67.6 Å². The van der Waals surface area contributed by atoms with E-state index in [9.17, 15) is 0 Å². The van der Waals surface area contributed by atoms with E-state index >= 15 is 0 Å². The van der Waals surface area contributed by atoms with E-state index in [2.05, 4.69) is 71.5 Å². The Hall–Kier alpha value is -1.91. The lowest BCUT2D eigenvalue weighted by molar-refractivity contribution is 0.224. The van der Waals surface area contributed by atoms with Crippen LogP contribution in [-0.4, -0.2) is 41.9 Å². The van der Waals surface area contributed by atoms with Gasteiger partial charge in [0.1, 0.15) is 5.75 Å². The van der Waals surface area contributed by atoms with Gasteiger partial charge < -0.3 is 14.6 Å². The molecule has 1 aliphatic heterocycles. The van der Waals surface area contributed by atoms with Crippen molar-refractivity contribution in [1.82, 2.24) is 9.88 Å². The molecule has 0 unspecified atom stereocenters. The van der Waals surface area contributed by atoms with Crippen molar-refractivity contribution in [2.75, 3.05) is 32.0 Å². The SMILES string of the molecule is CCCCCOc1ccc2[nH]cc(CSCCN3CCC(c4ccccc4)CC3)c2c1. The molecule has 0 atom stereocenters. The fraction of sp³-hybridized carbons (Fsp3) is 0.481. The van der Waals surface area contributed by atoms with Crippen molar-refractivity contribution in [3.05, 3.63) is 65.9 Å². The van der Waals surface area contributed by atoms with E-state index in [0.29, 0.717) is 0 Å². The van der Waals surface area contributed by atoms with Crippen LogP contribution in [0.2, 0.25) is 0 Å². The minimum Gasteiger partial charge on any atom is -0.494 e. The molecule has 0 radical (unpaired) electrons. The molecular weight excluding hydrogens is 400 g/mol. The van der Waals surface area contributed by atoms with Crippen LogP contribution in [0.5, 0.6) is 5.75 Å². The number of rotatable bonds is 11. The molecule has 2 aromatic carbocycles. The van der Waals surface area contributed by atoms with E-state index in [1.807, 2.05) is 11.8 Å². The number of hydrogen-bond acceptors (Lipinski definition) is 3. The maximum atomic E-state index is 5.96. The number of unbranched alkanes of at least 4 members (excludes halogenated alkanes) is 2. The van der Waals surface area contributed by atoms with Gasteiger partial charge in [-0.15, -0.1) is 0 Å². The summed E-state index contributed by atoms with van der Waals surface area (Å²) in [5.41, 5.74) is 4.12. The van der Waals surface area contributed by atoms with E-state index in [0.717, 1.165) is 30.4 Å². The summed E-state index contributed by atoms with van der Waals surface area (Å²) in [7, 11) is 0. The van der Waals surface area contributed by atoms with Crippen molar-refractivity contribution in [2.24, 2.45) is 0 Å². The third-order valence-corrected chi connectivity index (χ3v) is 7.41. The quantitative estimate of drug-likeness (QED) is 0.333. The van der Waals surface area contributed by atoms with Crippen molar-refractivity contribution < 1.29 is 4.74 Å². The Labute approximate surface area is 191 Å². The molecular formula is C27H36N2OS. The molecule has 1 aliphatic rings. The lowest BCUT2D eigenvalue weighted by Gasteiger charge is -2.32. The van der Waals surface area contributed by atoms with Gasteiger partial charge in [0.25, 0.3) is 0 Å². The zero-order valence-electron chi connectivity index (χ0n) is 18.8. The number of H-pyrrole nitrogens is 1. The van der Waals surface area contributed by atoms with Crippen LogP contribution < -0.4 is 4.74 Å². The Morgan fingerprint density at radius 1 is 1.06 bits per heavy atom. The third-order valence-electron chi connectivity index (χ3n) is 6.42. The minimum absolute atomic E-state index is 0.745. The number of aromatic amines is 1. The fourth-order valence-corrected chi connectivity index (χ4v) is 5.49. The second kappa shape index (κ2) is 11.6. The summed E-state index contributed by atoms with van der Waals surface area (Å²) >= 11 is 2.04. The van der Waals surface area contributed by atoms with Crippen LogP contribution in [0.15, 0.2) is 54.7 Å². The summed E-state index contributed by atoms with van der Waals surface area (Å²) in [6, 6.07) is 17.5. The molecule has 0 amide bonds. The minimum atomic E-state index is 0.745. The van der Waals surface area contributed by atoms with Crippen LogP contribution in [0.4, 0.5) is 0 Å². The summed E-state index contributed by atoms with van der Waals surface area (Å²) in [4.78, 5) is 6.07. The highest BCUT2D eigenvalue weighted by Gasteiger charge is 2.20. The number of thioether (sulfide) groups is 1. The van der Waals surface area contributed by atoms with Crippen LogP contribution in [0.1, 0.15) is 56.1 Å². The molecule has 3 nitrogen and oxygen atoms in total. The highest BCUT2D eigenvalue weighted by molar-refractivity contribution is 7.98. The Morgan fingerprint density at radius 2 is 1.90 bits per heavy atom. The van der Waals surface area contributed by atoms with Gasteiger partial charge in [-0.25, -0.2) is 0 Å². The number of nitrogens with one attached hydrogen (secondary N) is 1. The predicted octanol–water partition coefficient (Wildman–Crippen LogP) is 6.85. The van der Waals surface area contributed by atoms with Gasteiger partial charge in [0, 0.05) is 35.2 Å². The van der Waals surface area contributed by atoms with Gasteiger partial charge in [0.05, 0.1) is 6.61 Å². The van der Waals surface area contributed by atoms with E-state index in [-0.39, 0.29) is 0 Å². The van der Waals surface area contributed by atoms with Crippen LogP contribution in [0.3, 0.4) is 0 Å². The number of likely N-dealkylation sites (tertiary alicyclic amines) is 1. The molecule has 2 heterocycles. The number of piperidine rings is 1. The first-order valence-electron chi connectivity index (χ1n) is 11.9. The van der Waals surface area contributed by atoms with Crippen molar-refractivity contribution in [3.63, 3.8) is 0 Å². The molecule has 0 saturated carbocycles. The smallest absolute Gasteiger partial charge is 0.120 e. The van der Waals surface area contributed by atoms with Crippen molar-refractivity contribution in [2.45, 2.75) is 50.7 Å². The number of aromatic nitrogens is 1. The topological polar surface area (TPSA) is 28.3 Å². The largest absolute Gasteiger partial charge is 0.494 e. The summed E-state index contributed by atoms with van der Waals surface area (Å²) < 4.78 is 5.96. The first-order valence-corrected chi connectivity index (χ1v) is 13.1. The number of nitrogens with zero attached hydrogens (tertiary/aromatic N) is 1. The number of benzene rings is 2. The van der Waals surface area contributed by atoms with Crippen molar-refractivity contribution >= 4 is 22.7 Å². The first kappa shape index (κ1) is 22.3. The molecule has 0 aliphatic carbocycles. The Morgan fingerprint density at radius 3 is 2.71 bits per heavy atom. The van der Waals surface area contributed by atoms with E-state index in [4.69, 9.17) is 4.74 Å². The van der Waals surface area contributed by atoms with Gasteiger partial charge in [-0.3, -0.25) is 0 Å². The summed E-state index contributed by atoms with van der Waals surface area (Å²) in [5.74, 6) is 3.99. The van der Waals surface area contributed by atoms with Crippen molar-refractivity contribution in [3.8, 4) is 5.75 Å². The lowest BCUT2D eigenvalue weighted by atomic mass is 9.89. The third kappa shape index (κ3) is 6.30. The molecule has 166 valence electrons. The molecule has 4 rings (SSSR count). The highest BCUT2D eigenvalue weighted by atomic mass is 32.2. The fourth-order valence-electron chi connectivity index (χ4n) is 4.50. The van der Waals surface area contributed by atoms with Crippen LogP contribution in [0.25, 0.3) is 10.9 Å². The summed E-state index contributed by atoms with van der Waals surface area (Å²) in [6.45, 7) is 6.69. The molecule has 31 heavy (non-hydrogen) atoms. The summed E-state index contributed by atoms with van der Waals surface area (Å²) in [5, 5.41) is 1.31. The second-order valence-electron chi connectivity index (χ2n) is 8.66. The number of fused-ring (bicyclic) bond motifs is 1. The molecule has 0 spiro atoms. The second-order valence-corrected chi connectivity index (χ2v) is 9.76. The highest BCUT2D eigenvalue weighted by Crippen LogP contribution is 2.29. The first-order chi connectivity index (χ1) is 15.3. The van der Waals surface area contributed by atoms with Gasteiger partial charge in [0.2, 0.25) is 0 Å². The number of hydrogen-bond donors (Lipinski definition) is 1. The molecule has 3 aromatic rings. The van der Waals surface area contributed by atoms with Crippen LogP contribution in [-0.2, 0) is 5.75 Å². The Balaban J connectivity index is 1.20. The maximum Gasteiger partial charge on any atom is 0.120 e. The number of ether oxygens (including phenoxy) is 1. The average molecular weight is 437 g/mol. The molecule has 4 heteroatoms. The normalized spacial score (nSPS) is 15.5. The van der Waals surface area contributed by atoms with Gasteiger partial charge in [-0.2, -0.15) is 11.8 Å². The van der Waals surface area contributed by atoms with E-state index < -0.39 is 0 Å². The van der Waals surface area contributed by atoms with E-state index in [1.54, 1.807) is 0 Å². The monoisotopic (exact) mass is 436 g/mol. The molecule has 0 bridgehead atoms. The Bertz CT molecular complexity index is 915. The van der Waals surface area contributed by atoms with Gasteiger partial charge >= 0.3 is 0 Å². The van der Waals surface area contributed by atoms with Gasteiger partial charge in [-0.1, -0.05) is 50.1 Å². The zero-order valence-corrected chi connectivity index (χ0v) is 19.6. The average Bonchev–Trinajstić information content (AvgIpc) is 3.23. The van der Waals surface area contributed by atoms with Crippen LogP contribution in [0, 0.1) is 0 Å². The molecule has 1 aromatic heterocycles. The molecule has 1 N–H and O–H groups in total. The zero-order chi connectivity index (χ0) is 21.3. The van der Waals surface area contributed by atoms with Crippen LogP contribution >= 0.6 is 11.8 Å². The van der Waals surface area contributed by atoms with E-state index in [1.165, 1.54) is 73.1 Å². The predicted molar refractivity (Wildman–Crippen MR) is 134 cm³/mol. The molecule has 1 saturated heterocycles. The van der Waals surface area contributed by atoms with Crippen molar-refractivity contribution in [1.29, 1.82) is 0 Å². The van der Waals surface area contributed by atoms with Gasteiger partial charge in [0.15, 0.2) is 0 Å². The lowest BCUT2D eigenvalue weighted by Crippen LogP contribution is -2.34. The molecule has 1 fully saturated rings. The summed E-state index contributed by atoms with van der Waals surface area (Å²) in [6.07, 6.45) is 8.35. The standard InChI is InChI=1S/C27H36N2OS/c1-2-3-7-17-30-25-10-11-27-26(19-25)24(20-28-27)21-31-18-16-29-14-12-23(13-15-29)22-8-5-4-6-9-22/h4-6,8-11,19-20,23,28H,2-3,7,12-18,21H2,1H3. The Kier molecular flexibility index (Phi) is 8.37. The maximum absolute atomic E-state index is 5.96.